The molecule has 1 aromatic rings. The molecule has 1 fully saturated rings. The molecule has 0 aliphatic heterocycles. The van der Waals surface area contributed by atoms with Gasteiger partial charge in [-0.25, -0.2) is 0 Å². The lowest BCUT2D eigenvalue weighted by Gasteiger charge is -2.36. The van der Waals surface area contributed by atoms with E-state index in [0.29, 0.717) is 0 Å². The monoisotopic (exact) mass is 341 g/mol. The smallest absolute Gasteiger partial charge is 0.0738 e. The first kappa shape index (κ1) is 16.0. The summed E-state index contributed by atoms with van der Waals surface area (Å²) in [5.41, 5.74) is 2.47. The van der Waals surface area contributed by atoms with Crippen LogP contribution in [0.25, 0.3) is 0 Å². The molecule has 1 saturated carbocycles. The minimum absolute atomic E-state index is 0.784. The molecule has 0 spiro atoms. The van der Waals surface area contributed by atoms with Gasteiger partial charge < -0.3 is 5.32 Å². The van der Waals surface area contributed by atoms with Gasteiger partial charge in [0.25, 0.3) is 0 Å². The van der Waals surface area contributed by atoms with Crippen LogP contribution in [0.15, 0.2) is 4.47 Å². The van der Waals surface area contributed by atoms with Gasteiger partial charge >= 0.3 is 0 Å². The van der Waals surface area contributed by atoms with Crippen molar-refractivity contribution in [2.75, 3.05) is 13.6 Å². The Hall–Kier alpha value is -0.350. The molecule has 0 amide bonds. The van der Waals surface area contributed by atoms with E-state index in [-0.39, 0.29) is 0 Å². The molecule has 4 heteroatoms. The van der Waals surface area contributed by atoms with Crippen molar-refractivity contribution in [2.45, 2.75) is 46.0 Å². The maximum absolute atomic E-state index is 4.54. The van der Waals surface area contributed by atoms with E-state index in [2.05, 4.69) is 59.0 Å². The summed E-state index contributed by atoms with van der Waals surface area (Å²) in [5, 5.41) is 7.93. The van der Waals surface area contributed by atoms with Gasteiger partial charge in [0.05, 0.1) is 15.9 Å². The summed E-state index contributed by atoms with van der Waals surface area (Å²) in [6, 6.07) is 0. The molecule has 20 heavy (non-hydrogen) atoms. The lowest BCUT2D eigenvalue weighted by molar-refractivity contribution is 0.171. The average molecular weight is 342 g/mol. The van der Waals surface area contributed by atoms with Gasteiger partial charge in [0.2, 0.25) is 0 Å². The van der Waals surface area contributed by atoms with Crippen LogP contribution in [0.2, 0.25) is 0 Å². The molecule has 0 bridgehead atoms. The summed E-state index contributed by atoms with van der Waals surface area (Å²) >= 11 is 3.72. The fourth-order valence-electron chi connectivity index (χ4n) is 3.73. The second-order valence-corrected chi connectivity index (χ2v) is 7.13. The van der Waals surface area contributed by atoms with Gasteiger partial charge in [0.1, 0.15) is 0 Å². The number of aryl methyl sites for hydroxylation is 2. The van der Waals surface area contributed by atoms with E-state index in [1.807, 2.05) is 0 Å². The second-order valence-electron chi connectivity index (χ2n) is 6.34. The topological polar surface area (TPSA) is 29.9 Å². The van der Waals surface area contributed by atoms with Gasteiger partial charge in [0.15, 0.2) is 0 Å². The molecule has 0 aromatic carbocycles. The lowest BCUT2D eigenvalue weighted by atomic mass is 9.71. The van der Waals surface area contributed by atoms with Crippen LogP contribution in [0.5, 0.6) is 0 Å². The maximum atomic E-state index is 4.54. The Morgan fingerprint density at radius 3 is 2.65 bits per heavy atom. The van der Waals surface area contributed by atoms with E-state index < -0.39 is 0 Å². The first-order valence-electron chi connectivity index (χ1n) is 7.89. The van der Waals surface area contributed by atoms with Crippen LogP contribution in [-0.4, -0.2) is 23.4 Å². The Morgan fingerprint density at radius 1 is 1.35 bits per heavy atom. The Kier molecular flexibility index (Phi) is 5.67. The molecule has 1 aliphatic rings. The van der Waals surface area contributed by atoms with Crippen LogP contribution in [0, 0.1) is 24.7 Å². The van der Waals surface area contributed by atoms with Gasteiger partial charge in [-0.2, -0.15) is 5.10 Å². The van der Waals surface area contributed by atoms with Crippen molar-refractivity contribution in [1.82, 2.24) is 15.1 Å². The second kappa shape index (κ2) is 7.08. The minimum Gasteiger partial charge on any atom is -0.319 e. The average Bonchev–Trinajstić information content (AvgIpc) is 2.67. The molecule has 3 atom stereocenters. The van der Waals surface area contributed by atoms with Crippen LogP contribution in [-0.2, 0) is 13.5 Å². The number of nitrogens with one attached hydrogen (secondary N) is 1. The summed E-state index contributed by atoms with van der Waals surface area (Å²) in [4.78, 5) is 0. The fourth-order valence-corrected chi connectivity index (χ4v) is 4.22. The molecule has 114 valence electrons. The molecular formula is C16H28BrN3. The Bertz CT molecular complexity index is 441. The van der Waals surface area contributed by atoms with Gasteiger partial charge in [-0.3, -0.25) is 4.68 Å². The quantitative estimate of drug-likeness (QED) is 0.884. The molecule has 3 unspecified atom stereocenters. The van der Waals surface area contributed by atoms with E-state index in [4.69, 9.17) is 0 Å². The molecule has 2 rings (SSSR count). The zero-order valence-electron chi connectivity index (χ0n) is 13.2. The van der Waals surface area contributed by atoms with Gasteiger partial charge in [-0.15, -0.1) is 0 Å². The predicted octanol–water partition coefficient (Wildman–Crippen LogP) is 3.70. The third kappa shape index (κ3) is 3.45. The number of nitrogens with zero attached hydrogens (tertiary/aromatic N) is 2. The normalized spacial score (nSPS) is 26.9. The molecule has 0 saturated heterocycles. The highest BCUT2D eigenvalue weighted by atomic mass is 79.9. The van der Waals surface area contributed by atoms with Crippen molar-refractivity contribution < 1.29 is 0 Å². The van der Waals surface area contributed by atoms with E-state index in [1.165, 1.54) is 35.8 Å². The van der Waals surface area contributed by atoms with Crippen LogP contribution >= 0.6 is 15.9 Å². The molecule has 1 aromatic heterocycles. The standard InChI is InChI=1S/C16H28BrN3/c1-5-12-6-7-13(10-18-3)14(8-12)9-15-16(17)11(2)19-20(15)4/h12-14,18H,5-10H2,1-4H3. The van der Waals surface area contributed by atoms with Crippen LogP contribution < -0.4 is 5.32 Å². The number of rotatable bonds is 5. The summed E-state index contributed by atoms with van der Waals surface area (Å²) in [7, 11) is 4.15. The SMILES string of the molecule is CCC1CCC(CNC)C(Cc2c(Br)c(C)nn2C)C1. The summed E-state index contributed by atoms with van der Waals surface area (Å²) in [5.74, 6) is 2.51. The molecule has 1 heterocycles. The third-order valence-corrected chi connectivity index (χ3v) is 6.04. The van der Waals surface area contributed by atoms with E-state index in [9.17, 15) is 0 Å². The van der Waals surface area contributed by atoms with Gasteiger partial charge in [0, 0.05) is 7.05 Å². The minimum atomic E-state index is 0.784. The summed E-state index contributed by atoms with van der Waals surface area (Å²) in [6.07, 6.45) is 6.64. The zero-order chi connectivity index (χ0) is 14.7. The largest absolute Gasteiger partial charge is 0.319 e. The predicted molar refractivity (Wildman–Crippen MR) is 87.9 cm³/mol. The maximum Gasteiger partial charge on any atom is 0.0738 e. The summed E-state index contributed by atoms with van der Waals surface area (Å²) in [6.45, 7) is 5.56. The van der Waals surface area contributed by atoms with Crippen LogP contribution in [0.4, 0.5) is 0 Å². The molecular weight excluding hydrogens is 314 g/mol. The highest BCUT2D eigenvalue weighted by molar-refractivity contribution is 9.10. The van der Waals surface area contributed by atoms with Crippen molar-refractivity contribution in [3.63, 3.8) is 0 Å². The van der Waals surface area contributed by atoms with E-state index >= 15 is 0 Å². The number of hydrogen-bond acceptors (Lipinski definition) is 2. The van der Waals surface area contributed by atoms with Crippen molar-refractivity contribution in [1.29, 1.82) is 0 Å². The van der Waals surface area contributed by atoms with Crippen molar-refractivity contribution in [2.24, 2.45) is 24.8 Å². The third-order valence-electron chi connectivity index (χ3n) is 5.01. The van der Waals surface area contributed by atoms with Crippen LogP contribution in [0.1, 0.15) is 44.0 Å². The number of hydrogen-bond donors (Lipinski definition) is 1. The van der Waals surface area contributed by atoms with Gasteiger partial charge in [-0.05, 0) is 73.5 Å². The Balaban J connectivity index is 2.13. The molecule has 0 radical (unpaired) electrons. The number of aromatic nitrogens is 2. The number of halogens is 1. The fraction of sp³-hybridized carbons (Fsp3) is 0.812. The highest BCUT2D eigenvalue weighted by Crippen LogP contribution is 2.38. The Morgan fingerprint density at radius 2 is 2.10 bits per heavy atom. The van der Waals surface area contributed by atoms with Crippen molar-refractivity contribution in [3.8, 4) is 0 Å². The van der Waals surface area contributed by atoms with Crippen molar-refractivity contribution in [3.05, 3.63) is 15.9 Å². The van der Waals surface area contributed by atoms with E-state index in [1.54, 1.807) is 0 Å². The molecule has 3 nitrogen and oxygen atoms in total. The highest BCUT2D eigenvalue weighted by Gasteiger charge is 2.30. The molecule has 1 N–H and O–H groups in total. The van der Waals surface area contributed by atoms with Crippen molar-refractivity contribution >= 4 is 15.9 Å². The van der Waals surface area contributed by atoms with E-state index in [0.717, 1.165) is 36.4 Å². The molecule has 1 aliphatic carbocycles. The Labute approximate surface area is 131 Å². The first-order valence-corrected chi connectivity index (χ1v) is 8.68. The zero-order valence-corrected chi connectivity index (χ0v) is 14.8. The lowest BCUT2D eigenvalue weighted by Crippen LogP contribution is -2.33. The summed E-state index contributed by atoms with van der Waals surface area (Å²) < 4.78 is 3.27. The van der Waals surface area contributed by atoms with Gasteiger partial charge in [-0.1, -0.05) is 19.8 Å². The van der Waals surface area contributed by atoms with Crippen LogP contribution in [0.3, 0.4) is 0 Å². The first-order chi connectivity index (χ1) is 9.56.